The monoisotopic (exact) mass is 703 g/mol. The number of amides is 1. The van der Waals surface area contributed by atoms with E-state index in [4.69, 9.17) is 14.6 Å². The van der Waals surface area contributed by atoms with E-state index in [1.807, 2.05) is 57.2 Å². The molecule has 53 heavy (non-hydrogen) atoms. The normalized spacial score (nSPS) is 15.9. The SMILES string of the molecule is CC(C)(C)OC(=O)N1CCC[C@@H](CC(=O)c2ccc3c(c2)c(-c2ccc4c(c2)CCO4)nn3C(c2ccccc2)(c2ccccc2)c2ccccc2)C1. The van der Waals surface area contributed by atoms with Crippen LogP contribution in [0.1, 0.15) is 72.6 Å². The van der Waals surface area contributed by atoms with Gasteiger partial charge >= 0.3 is 6.09 Å². The van der Waals surface area contributed by atoms with Crippen LogP contribution in [-0.4, -0.2) is 51.9 Å². The second kappa shape index (κ2) is 14.0. The molecule has 0 radical (unpaired) electrons. The lowest BCUT2D eigenvalue weighted by Crippen LogP contribution is -2.43. The van der Waals surface area contributed by atoms with Crippen molar-refractivity contribution >= 4 is 22.8 Å². The van der Waals surface area contributed by atoms with Gasteiger partial charge in [-0.25, -0.2) is 9.48 Å². The Morgan fingerprint density at radius 2 is 1.45 bits per heavy atom. The highest BCUT2D eigenvalue weighted by atomic mass is 16.6. The molecular weight excluding hydrogens is 659 g/mol. The fourth-order valence-electron chi connectivity index (χ4n) is 8.10. The van der Waals surface area contributed by atoms with E-state index in [1.54, 1.807) is 4.90 Å². The first-order valence-corrected chi connectivity index (χ1v) is 18.7. The summed E-state index contributed by atoms with van der Waals surface area (Å²) in [6, 6.07) is 44.0. The lowest BCUT2D eigenvalue weighted by atomic mass is 9.77. The third-order valence-corrected chi connectivity index (χ3v) is 10.5. The summed E-state index contributed by atoms with van der Waals surface area (Å²) in [5.41, 5.74) is 6.32. The minimum absolute atomic E-state index is 0.0558. The molecule has 7 heteroatoms. The highest BCUT2D eigenvalue weighted by Gasteiger charge is 2.41. The molecule has 1 atom stereocenters. The molecular formula is C46H45N3O4. The van der Waals surface area contributed by atoms with Crippen molar-refractivity contribution in [3.05, 3.63) is 155 Å². The highest BCUT2D eigenvalue weighted by molar-refractivity contribution is 6.03. The maximum Gasteiger partial charge on any atom is 0.410 e. The Morgan fingerprint density at radius 3 is 2.08 bits per heavy atom. The minimum atomic E-state index is -0.834. The van der Waals surface area contributed by atoms with Crippen LogP contribution in [0.2, 0.25) is 0 Å². The van der Waals surface area contributed by atoms with Crippen LogP contribution in [0, 0.1) is 5.92 Å². The van der Waals surface area contributed by atoms with Crippen molar-refractivity contribution < 1.29 is 19.1 Å². The molecule has 0 bridgehead atoms. The van der Waals surface area contributed by atoms with Crippen molar-refractivity contribution in [1.82, 2.24) is 14.7 Å². The molecule has 1 saturated heterocycles. The molecule has 6 aromatic rings. The fourth-order valence-corrected chi connectivity index (χ4v) is 8.10. The molecule has 2 aliphatic heterocycles. The predicted octanol–water partition coefficient (Wildman–Crippen LogP) is 9.70. The number of benzene rings is 5. The number of likely N-dealkylation sites (tertiary alicyclic amines) is 1. The van der Waals surface area contributed by atoms with Crippen LogP contribution in [0.15, 0.2) is 127 Å². The van der Waals surface area contributed by atoms with Crippen LogP contribution in [0.3, 0.4) is 0 Å². The molecule has 3 heterocycles. The lowest BCUT2D eigenvalue weighted by molar-refractivity contribution is 0.0161. The molecule has 1 fully saturated rings. The van der Waals surface area contributed by atoms with Crippen LogP contribution in [0.25, 0.3) is 22.2 Å². The van der Waals surface area contributed by atoms with Gasteiger partial charge in [-0.3, -0.25) is 4.79 Å². The van der Waals surface area contributed by atoms with Gasteiger partial charge in [0.1, 0.15) is 22.6 Å². The number of fused-ring (bicyclic) bond motifs is 2. The molecule has 0 unspecified atom stereocenters. The zero-order valence-electron chi connectivity index (χ0n) is 30.6. The number of hydrogen-bond donors (Lipinski definition) is 0. The van der Waals surface area contributed by atoms with Gasteiger partial charge < -0.3 is 14.4 Å². The average Bonchev–Trinajstić information content (AvgIpc) is 3.81. The number of rotatable bonds is 8. The van der Waals surface area contributed by atoms with E-state index in [-0.39, 0.29) is 17.8 Å². The van der Waals surface area contributed by atoms with Gasteiger partial charge in [-0.1, -0.05) is 91.0 Å². The zero-order chi connectivity index (χ0) is 36.6. The standard InChI is InChI=1S/C46H45N3O4/c1-45(2,3)53-44(51)48-26-13-14-32(31-48)28-41(50)33-21-23-40-39(30-33)43(35-22-24-42-34(29-35)25-27-52-42)47-49(40)46(36-15-7-4-8-16-36,37-17-9-5-10-18-37)38-19-11-6-12-20-38/h4-12,15-24,29-30,32H,13-14,25-28,31H2,1-3H3/t32-/m0/s1. The summed E-state index contributed by atoms with van der Waals surface area (Å²) < 4.78 is 13.7. The first-order valence-electron chi connectivity index (χ1n) is 18.7. The molecule has 7 nitrogen and oxygen atoms in total. The van der Waals surface area contributed by atoms with Gasteiger partial charge in [0.2, 0.25) is 0 Å². The third kappa shape index (κ3) is 6.61. The number of piperidine rings is 1. The number of hydrogen-bond acceptors (Lipinski definition) is 5. The molecule has 0 saturated carbocycles. The number of carbonyl (C=O) groups is 2. The quantitative estimate of drug-likeness (QED) is 0.117. The van der Waals surface area contributed by atoms with Crippen LogP contribution < -0.4 is 4.74 Å². The lowest BCUT2D eigenvalue weighted by Gasteiger charge is -2.37. The van der Waals surface area contributed by atoms with Crippen molar-refractivity contribution in [2.24, 2.45) is 5.92 Å². The van der Waals surface area contributed by atoms with E-state index < -0.39 is 11.1 Å². The number of ether oxygens (including phenoxy) is 2. The number of aromatic nitrogens is 2. The van der Waals surface area contributed by atoms with Crippen molar-refractivity contribution in [2.75, 3.05) is 19.7 Å². The summed E-state index contributed by atoms with van der Waals surface area (Å²) in [6.45, 7) is 7.45. The summed E-state index contributed by atoms with van der Waals surface area (Å²) >= 11 is 0. The smallest absolute Gasteiger partial charge is 0.410 e. The van der Waals surface area contributed by atoms with Gasteiger partial charge in [-0.05, 0) is 98.2 Å². The summed E-state index contributed by atoms with van der Waals surface area (Å²) in [7, 11) is 0. The fraction of sp³-hybridized carbons (Fsp3) is 0.283. The summed E-state index contributed by atoms with van der Waals surface area (Å²) in [5, 5.41) is 6.47. The summed E-state index contributed by atoms with van der Waals surface area (Å²) in [4.78, 5) is 28.8. The van der Waals surface area contributed by atoms with E-state index in [2.05, 4.69) is 95.7 Å². The van der Waals surface area contributed by atoms with E-state index in [0.717, 1.165) is 69.4 Å². The second-order valence-corrected chi connectivity index (χ2v) is 15.3. The third-order valence-electron chi connectivity index (χ3n) is 10.5. The Labute approximate surface area is 311 Å². The van der Waals surface area contributed by atoms with E-state index in [9.17, 15) is 9.59 Å². The Bertz CT molecular complexity index is 2160. The molecule has 0 spiro atoms. The Balaban J connectivity index is 1.27. The van der Waals surface area contributed by atoms with E-state index in [0.29, 0.717) is 31.7 Å². The predicted molar refractivity (Wildman–Crippen MR) is 208 cm³/mol. The van der Waals surface area contributed by atoms with Crippen LogP contribution in [0.5, 0.6) is 5.75 Å². The van der Waals surface area contributed by atoms with Crippen molar-refractivity contribution in [3.63, 3.8) is 0 Å². The average molecular weight is 704 g/mol. The molecule has 268 valence electrons. The number of ketones is 1. The maximum absolute atomic E-state index is 14.2. The van der Waals surface area contributed by atoms with Gasteiger partial charge in [0.05, 0.1) is 12.1 Å². The van der Waals surface area contributed by atoms with Gasteiger partial charge in [-0.15, -0.1) is 0 Å². The number of nitrogens with zero attached hydrogens (tertiary/aromatic N) is 3. The van der Waals surface area contributed by atoms with Crippen molar-refractivity contribution in [3.8, 4) is 17.0 Å². The first kappa shape index (κ1) is 34.4. The summed E-state index contributed by atoms with van der Waals surface area (Å²) in [5.74, 6) is 1.03. The Morgan fingerprint density at radius 1 is 0.811 bits per heavy atom. The van der Waals surface area contributed by atoms with E-state index >= 15 is 0 Å². The molecule has 1 amide bonds. The largest absolute Gasteiger partial charge is 0.493 e. The van der Waals surface area contributed by atoms with Gasteiger partial charge in [0.25, 0.3) is 0 Å². The minimum Gasteiger partial charge on any atom is -0.493 e. The first-order chi connectivity index (χ1) is 25.7. The number of carbonyl (C=O) groups excluding carboxylic acids is 2. The molecule has 8 rings (SSSR count). The molecule has 1 aromatic heterocycles. The van der Waals surface area contributed by atoms with Crippen LogP contribution >= 0.6 is 0 Å². The zero-order valence-corrected chi connectivity index (χ0v) is 30.6. The highest BCUT2D eigenvalue weighted by Crippen LogP contribution is 2.44. The second-order valence-electron chi connectivity index (χ2n) is 15.3. The van der Waals surface area contributed by atoms with Gasteiger partial charge in [-0.2, -0.15) is 5.10 Å². The topological polar surface area (TPSA) is 73.7 Å². The molecule has 2 aliphatic rings. The van der Waals surface area contributed by atoms with Crippen LogP contribution in [-0.2, 0) is 16.7 Å². The van der Waals surface area contributed by atoms with Gasteiger partial charge in [0, 0.05) is 42.4 Å². The van der Waals surface area contributed by atoms with Crippen molar-refractivity contribution in [1.29, 1.82) is 0 Å². The van der Waals surface area contributed by atoms with E-state index in [1.165, 1.54) is 0 Å². The molecule has 5 aromatic carbocycles. The summed E-state index contributed by atoms with van der Waals surface area (Å²) in [6.07, 6.45) is 2.62. The Kier molecular flexibility index (Phi) is 9.11. The Hall–Kier alpha value is -5.69. The van der Waals surface area contributed by atoms with Gasteiger partial charge in [0.15, 0.2) is 5.78 Å². The maximum atomic E-state index is 14.2. The molecule has 0 aliphatic carbocycles. The van der Waals surface area contributed by atoms with Crippen molar-refractivity contribution in [2.45, 2.75) is 57.6 Å². The number of Topliss-reactive ketones (excluding diaryl/α,β-unsaturated/α-hetero) is 1. The molecule has 0 N–H and O–H groups in total. The van der Waals surface area contributed by atoms with Crippen LogP contribution in [0.4, 0.5) is 4.79 Å².